The molecule has 7 nitrogen and oxygen atoms in total. The van der Waals surface area contributed by atoms with Crippen molar-refractivity contribution < 1.29 is 23.9 Å². The van der Waals surface area contributed by atoms with E-state index >= 15 is 0 Å². The molecule has 19 heavy (non-hydrogen) atoms. The number of piperidine rings is 1. The Morgan fingerprint density at radius 2 is 2.05 bits per heavy atom. The van der Waals surface area contributed by atoms with Crippen molar-refractivity contribution >= 4 is 18.0 Å². The van der Waals surface area contributed by atoms with Crippen LogP contribution in [0.15, 0.2) is 0 Å². The number of alkyl carbamates (subject to hydrolysis) is 1. The molecule has 0 aliphatic carbocycles. The lowest BCUT2D eigenvalue weighted by molar-refractivity contribution is -0.144. The minimum absolute atomic E-state index is 0.0578. The molecule has 2 aliphatic rings. The summed E-state index contributed by atoms with van der Waals surface area (Å²) in [5, 5.41) is 2.65. The third kappa shape index (κ3) is 3.15. The second-order valence-electron chi connectivity index (χ2n) is 4.88. The standard InChI is InChI=1S/C12H18N2O5/c1-18-10(16)3-2-9(15)14-6-4-12(5-7-14)8-13-11(17)19-12/h2-8H2,1H3,(H,13,17). The molecule has 2 amide bonds. The van der Waals surface area contributed by atoms with Crippen molar-refractivity contribution in [2.45, 2.75) is 31.3 Å². The molecule has 2 aliphatic heterocycles. The lowest BCUT2D eigenvalue weighted by Gasteiger charge is -2.37. The molecule has 2 fully saturated rings. The van der Waals surface area contributed by atoms with Crippen LogP contribution in [0.4, 0.5) is 4.79 Å². The summed E-state index contributed by atoms with van der Waals surface area (Å²) >= 11 is 0. The molecule has 1 spiro atoms. The number of likely N-dealkylation sites (tertiary alicyclic amines) is 1. The summed E-state index contributed by atoms with van der Waals surface area (Å²) < 4.78 is 9.77. The number of amides is 2. The first-order valence-electron chi connectivity index (χ1n) is 6.36. The lowest BCUT2D eigenvalue weighted by atomic mass is 9.91. The Balaban J connectivity index is 1.78. The van der Waals surface area contributed by atoms with Crippen molar-refractivity contribution in [3.05, 3.63) is 0 Å². The van der Waals surface area contributed by atoms with Crippen LogP contribution in [0.25, 0.3) is 0 Å². The van der Waals surface area contributed by atoms with Gasteiger partial charge >= 0.3 is 12.1 Å². The van der Waals surface area contributed by atoms with Gasteiger partial charge in [0.15, 0.2) is 0 Å². The highest BCUT2D eigenvalue weighted by atomic mass is 16.6. The molecular formula is C12H18N2O5. The van der Waals surface area contributed by atoms with Crippen LogP contribution in [0, 0.1) is 0 Å². The molecule has 106 valence electrons. The minimum atomic E-state index is -0.448. The maximum atomic E-state index is 11.9. The third-order valence-electron chi connectivity index (χ3n) is 3.66. The largest absolute Gasteiger partial charge is 0.469 e. The van der Waals surface area contributed by atoms with Gasteiger partial charge in [0.2, 0.25) is 5.91 Å². The summed E-state index contributed by atoms with van der Waals surface area (Å²) in [5.74, 6) is -0.437. The van der Waals surface area contributed by atoms with Gasteiger partial charge in [0.05, 0.1) is 20.1 Å². The number of hydrogen-bond donors (Lipinski definition) is 1. The summed E-state index contributed by atoms with van der Waals surface area (Å²) in [6, 6.07) is 0. The zero-order valence-corrected chi connectivity index (χ0v) is 10.9. The Bertz CT molecular complexity index is 388. The Morgan fingerprint density at radius 3 is 2.58 bits per heavy atom. The predicted octanol–water partition coefficient (Wildman–Crippen LogP) is 0.0406. The molecule has 0 aromatic carbocycles. The second-order valence-corrected chi connectivity index (χ2v) is 4.88. The fourth-order valence-corrected chi connectivity index (χ4v) is 2.41. The van der Waals surface area contributed by atoms with Crippen LogP contribution < -0.4 is 5.32 Å². The quantitative estimate of drug-likeness (QED) is 0.732. The normalized spacial score (nSPS) is 20.9. The van der Waals surface area contributed by atoms with Crippen LogP contribution in [0.3, 0.4) is 0 Å². The Morgan fingerprint density at radius 1 is 1.37 bits per heavy atom. The van der Waals surface area contributed by atoms with Crippen molar-refractivity contribution in [3.63, 3.8) is 0 Å². The molecule has 1 N–H and O–H groups in total. The van der Waals surface area contributed by atoms with Crippen LogP contribution >= 0.6 is 0 Å². The smallest absolute Gasteiger partial charge is 0.407 e. The highest BCUT2D eigenvalue weighted by molar-refractivity contribution is 5.81. The number of nitrogens with zero attached hydrogens (tertiary/aromatic N) is 1. The number of methoxy groups -OCH3 is 1. The predicted molar refractivity (Wildman–Crippen MR) is 64.3 cm³/mol. The fraction of sp³-hybridized carbons (Fsp3) is 0.750. The zero-order chi connectivity index (χ0) is 13.9. The molecule has 0 unspecified atom stereocenters. The SMILES string of the molecule is COC(=O)CCC(=O)N1CCC2(CC1)CNC(=O)O2. The van der Waals surface area contributed by atoms with Crippen LogP contribution in [0.1, 0.15) is 25.7 Å². The van der Waals surface area contributed by atoms with E-state index in [1.54, 1.807) is 4.90 Å². The van der Waals surface area contributed by atoms with E-state index in [-0.39, 0.29) is 30.8 Å². The van der Waals surface area contributed by atoms with E-state index in [0.717, 1.165) is 0 Å². The summed E-state index contributed by atoms with van der Waals surface area (Å²) in [4.78, 5) is 35.6. The van der Waals surface area contributed by atoms with Crippen molar-refractivity contribution in [1.29, 1.82) is 0 Å². The van der Waals surface area contributed by atoms with Gasteiger partial charge in [-0.15, -0.1) is 0 Å². The van der Waals surface area contributed by atoms with E-state index in [1.165, 1.54) is 7.11 Å². The third-order valence-corrected chi connectivity index (χ3v) is 3.66. The van der Waals surface area contributed by atoms with Gasteiger partial charge in [0.1, 0.15) is 5.60 Å². The molecular weight excluding hydrogens is 252 g/mol. The van der Waals surface area contributed by atoms with Gasteiger partial charge < -0.3 is 19.7 Å². The number of rotatable bonds is 3. The topological polar surface area (TPSA) is 84.9 Å². The molecule has 2 heterocycles. The average molecular weight is 270 g/mol. The van der Waals surface area contributed by atoms with Crippen LogP contribution in [0.5, 0.6) is 0 Å². The second kappa shape index (κ2) is 5.46. The van der Waals surface area contributed by atoms with Crippen LogP contribution in [-0.2, 0) is 19.1 Å². The first-order valence-corrected chi connectivity index (χ1v) is 6.36. The maximum Gasteiger partial charge on any atom is 0.407 e. The number of ether oxygens (including phenoxy) is 2. The fourth-order valence-electron chi connectivity index (χ4n) is 2.41. The van der Waals surface area contributed by atoms with Gasteiger partial charge in [0.25, 0.3) is 0 Å². The van der Waals surface area contributed by atoms with Gasteiger partial charge in [-0.3, -0.25) is 9.59 Å². The molecule has 0 radical (unpaired) electrons. The van der Waals surface area contributed by atoms with Gasteiger partial charge in [-0.1, -0.05) is 0 Å². The van der Waals surface area contributed by atoms with Crippen molar-refractivity contribution in [1.82, 2.24) is 10.2 Å². The zero-order valence-electron chi connectivity index (χ0n) is 10.9. The summed E-state index contributed by atoms with van der Waals surface area (Å²) in [6.07, 6.45) is 1.15. The average Bonchev–Trinajstić information content (AvgIpc) is 2.77. The molecule has 2 rings (SSSR count). The Hall–Kier alpha value is -1.79. The lowest BCUT2D eigenvalue weighted by Crippen LogP contribution is -2.48. The first-order chi connectivity index (χ1) is 9.04. The highest BCUT2D eigenvalue weighted by Gasteiger charge is 2.43. The highest BCUT2D eigenvalue weighted by Crippen LogP contribution is 2.29. The summed E-state index contributed by atoms with van der Waals surface area (Å²) in [7, 11) is 1.30. The number of hydrogen-bond acceptors (Lipinski definition) is 5. The first kappa shape index (κ1) is 13.6. The molecule has 0 aromatic rings. The molecule has 0 aromatic heterocycles. The van der Waals surface area contributed by atoms with E-state index < -0.39 is 5.60 Å². The van der Waals surface area contributed by atoms with Gasteiger partial charge in [-0.25, -0.2) is 4.79 Å². The van der Waals surface area contributed by atoms with Gasteiger partial charge in [-0.2, -0.15) is 0 Å². The number of carbonyl (C=O) groups excluding carboxylic acids is 3. The van der Waals surface area contributed by atoms with Crippen LogP contribution in [-0.4, -0.2) is 55.2 Å². The van der Waals surface area contributed by atoms with E-state index in [9.17, 15) is 14.4 Å². The molecule has 7 heteroatoms. The monoisotopic (exact) mass is 270 g/mol. The van der Waals surface area contributed by atoms with Crippen molar-refractivity contribution in [2.24, 2.45) is 0 Å². The van der Waals surface area contributed by atoms with Crippen LogP contribution in [0.2, 0.25) is 0 Å². The van der Waals surface area contributed by atoms with E-state index in [0.29, 0.717) is 32.5 Å². The molecule has 0 bridgehead atoms. The number of nitrogens with one attached hydrogen (secondary N) is 1. The number of esters is 1. The Labute approximate surface area is 111 Å². The van der Waals surface area contributed by atoms with Gasteiger partial charge in [-0.05, 0) is 0 Å². The van der Waals surface area contributed by atoms with Crippen molar-refractivity contribution in [2.75, 3.05) is 26.7 Å². The minimum Gasteiger partial charge on any atom is -0.469 e. The van der Waals surface area contributed by atoms with E-state index in [2.05, 4.69) is 10.1 Å². The van der Waals surface area contributed by atoms with E-state index in [4.69, 9.17) is 4.74 Å². The number of carbonyl (C=O) groups is 3. The summed E-state index contributed by atoms with van der Waals surface area (Å²) in [6.45, 7) is 1.61. The Kier molecular flexibility index (Phi) is 3.92. The molecule has 2 saturated heterocycles. The van der Waals surface area contributed by atoms with E-state index in [1.807, 2.05) is 0 Å². The summed E-state index contributed by atoms with van der Waals surface area (Å²) in [5.41, 5.74) is -0.448. The molecule has 0 atom stereocenters. The van der Waals surface area contributed by atoms with Gasteiger partial charge in [0, 0.05) is 32.4 Å². The maximum absolute atomic E-state index is 11.9. The molecule has 0 saturated carbocycles. The van der Waals surface area contributed by atoms with Crippen molar-refractivity contribution in [3.8, 4) is 0 Å².